The third kappa shape index (κ3) is 5.61. The fourth-order valence-corrected chi connectivity index (χ4v) is 2.89. The molecular weight excluding hydrogens is 407 g/mol. The molecule has 0 aliphatic heterocycles. The lowest BCUT2D eigenvalue weighted by atomic mass is 10.1. The predicted molar refractivity (Wildman–Crippen MR) is 116 cm³/mol. The van der Waals surface area contributed by atoms with Gasteiger partial charge in [-0.2, -0.15) is 5.26 Å². The average molecular weight is 423 g/mol. The van der Waals surface area contributed by atoms with Gasteiger partial charge in [-0.05, 0) is 35.9 Å². The second-order valence-electron chi connectivity index (χ2n) is 6.06. The summed E-state index contributed by atoms with van der Waals surface area (Å²) in [4.78, 5) is 12.6. The van der Waals surface area contributed by atoms with E-state index < -0.39 is 5.91 Å². The van der Waals surface area contributed by atoms with Crippen molar-refractivity contribution in [2.75, 3.05) is 5.32 Å². The Morgan fingerprint density at radius 3 is 2.52 bits per heavy atom. The van der Waals surface area contributed by atoms with Crippen molar-refractivity contribution in [3.05, 3.63) is 99.5 Å². The van der Waals surface area contributed by atoms with Crippen molar-refractivity contribution < 1.29 is 9.53 Å². The van der Waals surface area contributed by atoms with Gasteiger partial charge < -0.3 is 10.1 Å². The number of anilines is 1. The zero-order valence-electron chi connectivity index (χ0n) is 15.2. The first-order valence-corrected chi connectivity index (χ1v) is 9.46. The maximum absolute atomic E-state index is 12.6. The summed E-state index contributed by atoms with van der Waals surface area (Å²) >= 11 is 12.0. The van der Waals surface area contributed by atoms with Crippen molar-refractivity contribution in [1.82, 2.24) is 0 Å². The molecule has 0 aromatic heterocycles. The summed E-state index contributed by atoms with van der Waals surface area (Å²) in [5.74, 6) is -0.0211. The Hall–Kier alpha value is -3.26. The highest BCUT2D eigenvalue weighted by Crippen LogP contribution is 2.27. The lowest BCUT2D eigenvalue weighted by Crippen LogP contribution is -2.13. The van der Waals surface area contributed by atoms with Gasteiger partial charge in [-0.25, -0.2) is 0 Å². The van der Waals surface area contributed by atoms with Crippen LogP contribution in [0.25, 0.3) is 6.08 Å². The second-order valence-corrected chi connectivity index (χ2v) is 6.90. The van der Waals surface area contributed by atoms with E-state index in [-0.39, 0.29) is 5.57 Å². The molecule has 0 heterocycles. The van der Waals surface area contributed by atoms with E-state index in [0.29, 0.717) is 33.7 Å². The second kappa shape index (κ2) is 9.79. The van der Waals surface area contributed by atoms with Crippen LogP contribution in [-0.2, 0) is 11.4 Å². The number of amides is 1. The smallest absolute Gasteiger partial charge is 0.266 e. The molecule has 0 aliphatic rings. The number of carbonyl (C=O) groups excluding carboxylic acids is 1. The van der Waals surface area contributed by atoms with Crippen molar-refractivity contribution in [2.45, 2.75) is 6.61 Å². The van der Waals surface area contributed by atoms with Crippen LogP contribution in [0.4, 0.5) is 5.69 Å². The maximum Gasteiger partial charge on any atom is 0.266 e. The highest BCUT2D eigenvalue weighted by molar-refractivity contribution is 6.36. The first kappa shape index (κ1) is 20.5. The molecule has 0 saturated carbocycles. The molecular formula is C23H16Cl2N2O2. The largest absolute Gasteiger partial charge is 0.488 e. The predicted octanol–water partition coefficient (Wildman–Crippen LogP) is 6.12. The molecule has 29 heavy (non-hydrogen) atoms. The molecule has 3 aromatic carbocycles. The summed E-state index contributed by atoms with van der Waals surface area (Å²) in [6.07, 6.45) is 1.48. The minimum Gasteiger partial charge on any atom is -0.488 e. The zero-order valence-corrected chi connectivity index (χ0v) is 16.7. The van der Waals surface area contributed by atoms with Crippen LogP contribution in [0.2, 0.25) is 10.0 Å². The first-order valence-electron chi connectivity index (χ1n) is 8.71. The number of nitriles is 1. The number of hydrogen-bond acceptors (Lipinski definition) is 3. The lowest BCUT2D eigenvalue weighted by molar-refractivity contribution is -0.112. The molecule has 0 atom stereocenters. The molecule has 0 spiro atoms. The molecule has 0 aliphatic carbocycles. The normalized spacial score (nSPS) is 10.9. The highest BCUT2D eigenvalue weighted by Gasteiger charge is 2.13. The Morgan fingerprint density at radius 1 is 1.03 bits per heavy atom. The molecule has 0 bridgehead atoms. The number of hydrogen-bond donors (Lipinski definition) is 1. The Bertz CT molecular complexity index is 1090. The van der Waals surface area contributed by atoms with Gasteiger partial charge in [0.2, 0.25) is 0 Å². The number of nitrogens with one attached hydrogen (secondary N) is 1. The summed E-state index contributed by atoms with van der Waals surface area (Å²) in [5.41, 5.74) is 1.88. The summed E-state index contributed by atoms with van der Waals surface area (Å²) in [6, 6.07) is 23.5. The number of rotatable bonds is 6. The van der Waals surface area contributed by atoms with Crippen LogP contribution in [0.3, 0.4) is 0 Å². The molecule has 0 radical (unpaired) electrons. The van der Waals surface area contributed by atoms with Gasteiger partial charge in [-0.1, -0.05) is 71.7 Å². The molecule has 3 rings (SSSR count). The summed E-state index contributed by atoms with van der Waals surface area (Å²) in [5, 5.41) is 12.8. The first-order chi connectivity index (χ1) is 14.1. The lowest BCUT2D eigenvalue weighted by Gasteiger charge is -2.10. The van der Waals surface area contributed by atoms with E-state index in [4.69, 9.17) is 27.9 Å². The van der Waals surface area contributed by atoms with Crippen molar-refractivity contribution in [1.29, 1.82) is 5.26 Å². The Morgan fingerprint density at radius 2 is 1.76 bits per heavy atom. The number of halogens is 2. The van der Waals surface area contributed by atoms with Gasteiger partial charge in [0.15, 0.2) is 0 Å². The number of carbonyl (C=O) groups is 1. The third-order valence-corrected chi connectivity index (χ3v) is 4.56. The Labute approximate surface area is 179 Å². The number of benzene rings is 3. The SMILES string of the molecule is N#C/C(=C/c1ccccc1OCc1ccccc1)C(=O)Nc1cc(Cl)ccc1Cl. The third-order valence-electron chi connectivity index (χ3n) is 4.00. The van der Waals surface area contributed by atoms with E-state index in [9.17, 15) is 10.1 Å². The monoisotopic (exact) mass is 422 g/mol. The van der Waals surface area contributed by atoms with Gasteiger partial charge >= 0.3 is 0 Å². The van der Waals surface area contributed by atoms with E-state index >= 15 is 0 Å². The van der Waals surface area contributed by atoms with E-state index in [1.54, 1.807) is 24.3 Å². The van der Waals surface area contributed by atoms with Crippen LogP contribution in [0.1, 0.15) is 11.1 Å². The minimum atomic E-state index is -0.588. The van der Waals surface area contributed by atoms with E-state index in [1.165, 1.54) is 12.1 Å². The summed E-state index contributed by atoms with van der Waals surface area (Å²) in [7, 11) is 0. The number of para-hydroxylation sites is 1. The topological polar surface area (TPSA) is 62.1 Å². The summed E-state index contributed by atoms with van der Waals surface area (Å²) < 4.78 is 5.88. The Balaban J connectivity index is 1.81. The highest BCUT2D eigenvalue weighted by atomic mass is 35.5. The van der Waals surface area contributed by atoms with Gasteiger partial charge in [0, 0.05) is 10.6 Å². The van der Waals surface area contributed by atoms with Crippen LogP contribution >= 0.6 is 23.2 Å². The van der Waals surface area contributed by atoms with Gasteiger partial charge in [0.05, 0.1) is 10.7 Å². The molecule has 3 aromatic rings. The van der Waals surface area contributed by atoms with Crippen molar-refractivity contribution >= 4 is 40.9 Å². The maximum atomic E-state index is 12.6. The Kier molecular flexibility index (Phi) is 6.91. The van der Waals surface area contributed by atoms with Crippen molar-refractivity contribution in [2.24, 2.45) is 0 Å². The number of ether oxygens (including phenoxy) is 1. The fourth-order valence-electron chi connectivity index (χ4n) is 2.55. The van der Waals surface area contributed by atoms with Crippen LogP contribution in [-0.4, -0.2) is 5.91 Å². The van der Waals surface area contributed by atoms with Crippen LogP contribution in [0.5, 0.6) is 5.75 Å². The molecule has 6 heteroatoms. The molecule has 0 unspecified atom stereocenters. The van der Waals surface area contributed by atoms with Gasteiger partial charge in [-0.15, -0.1) is 0 Å². The molecule has 0 fully saturated rings. The standard InChI is InChI=1S/C23H16Cl2N2O2/c24-19-10-11-20(25)21(13-19)27-23(28)18(14-26)12-17-8-4-5-9-22(17)29-15-16-6-2-1-3-7-16/h1-13H,15H2,(H,27,28)/b18-12-. The minimum absolute atomic E-state index is 0.0863. The van der Waals surface area contributed by atoms with Crippen molar-refractivity contribution in [3.8, 4) is 11.8 Å². The molecule has 1 amide bonds. The average Bonchev–Trinajstić information content (AvgIpc) is 2.74. The quantitative estimate of drug-likeness (QED) is 0.384. The van der Waals surface area contributed by atoms with Gasteiger partial charge in [-0.3, -0.25) is 4.79 Å². The fraction of sp³-hybridized carbons (Fsp3) is 0.0435. The van der Waals surface area contributed by atoms with Crippen LogP contribution in [0.15, 0.2) is 78.4 Å². The molecule has 0 saturated heterocycles. The van der Waals surface area contributed by atoms with Crippen LogP contribution < -0.4 is 10.1 Å². The van der Waals surface area contributed by atoms with Gasteiger partial charge in [0.1, 0.15) is 24.0 Å². The van der Waals surface area contributed by atoms with Crippen molar-refractivity contribution in [3.63, 3.8) is 0 Å². The van der Waals surface area contributed by atoms with Crippen LogP contribution in [0, 0.1) is 11.3 Å². The van der Waals surface area contributed by atoms with E-state index in [0.717, 1.165) is 5.56 Å². The van der Waals surface area contributed by atoms with Gasteiger partial charge in [0.25, 0.3) is 5.91 Å². The zero-order chi connectivity index (χ0) is 20.6. The molecule has 144 valence electrons. The summed E-state index contributed by atoms with van der Waals surface area (Å²) in [6.45, 7) is 0.373. The van der Waals surface area contributed by atoms with E-state index in [2.05, 4.69) is 5.32 Å². The molecule has 1 N–H and O–H groups in total. The number of nitrogens with zero attached hydrogens (tertiary/aromatic N) is 1. The van der Waals surface area contributed by atoms with E-state index in [1.807, 2.05) is 48.5 Å². The molecule has 4 nitrogen and oxygen atoms in total.